The van der Waals surface area contributed by atoms with Crippen LogP contribution in [0, 0.1) is 0 Å². The molecule has 0 fully saturated rings. The number of hydrogen-bond donors (Lipinski definition) is 2. The standard InChI is InChI=1S/C10H8Cl2N4O/c11-8-3-6(4-9(12)15-8)10(17)13-5-7-1-2-14-16-7/h1-4H,5H2,(H,13,17)(H,14,16). The van der Waals surface area contributed by atoms with Crippen LogP contribution in [-0.2, 0) is 6.54 Å². The van der Waals surface area contributed by atoms with E-state index in [0.29, 0.717) is 12.1 Å². The van der Waals surface area contributed by atoms with Crippen molar-refractivity contribution in [2.75, 3.05) is 0 Å². The van der Waals surface area contributed by atoms with Crippen LogP contribution in [0.15, 0.2) is 24.4 Å². The van der Waals surface area contributed by atoms with E-state index in [2.05, 4.69) is 20.5 Å². The van der Waals surface area contributed by atoms with Gasteiger partial charge in [0, 0.05) is 11.8 Å². The molecule has 17 heavy (non-hydrogen) atoms. The van der Waals surface area contributed by atoms with E-state index < -0.39 is 0 Å². The number of carbonyl (C=O) groups is 1. The molecule has 0 spiro atoms. The predicted octanol–water partition coefficient (Wildman–Crippen LogP) is 2.04. The summed E-state index contributed by atoms with van der Waals surface area (Å²) in [6.45, 7) is 0.358. The van der Waals surface area contributed by atoms with Crippen molar-refractivity contribution in [2.45, 2.75) is 6.54 Å². The third-order valence-electron chi connectivity index (χ3n) is 2.02. The summed E-state index contributed by atoms with van der Waals surface area (Å²) in [7, 11) is 0. The second kappa shape index (κ2) is 5.16. The molecule has 0 aromatic carbocycles. The number of hydrogen-bond acceptors (Lipinski definition) is 3. The van der Waals surface area contributed by atoms with Crippen molar-refractivity contribution in [1.82, 2.24) is 20.5 Å². The van der Waals surface area contributed by atoms with Crippen LogP contribution in [0.2, 0.25) is 10.3 Å². The Labute approximate surface area is 107 Å². The molecule has 0 unspecified atom stereocenters. The Morgan fingerprint density at radius 2 is 2.06 bits per heavy atom. The molecule has 0 bridgehead atoms. The number of nitrogens with one attached hydrogen (secondary N) is 2. The monoisotopic (exact) mass is 270 g/mol. The molecular formula is C10H8Cl2N4O. The van der Waals surface area contributed by atoms with Crippen LogP contribution < -0.4 is 5.32 Å². The average molecular weight is 271 g/mol. The van der Waals surface area contributed by atoms with Gasteiger partial charge in [-0.15, -0.1) is 0 Å². The minimum absolute atomic E-state index is 0.184. The second-order valence-corrected chi connectivity index (χ2v) is 4.04. The summed E-state index contributed by atoms with van der Waals surface area (Å²) < 4.78 is 0. The van der Waals surface area contributed by atoms with Crippen LogP contribution in [-0.4, -0.2) is 21.1 Å². The lowest BCUT2D eigenvalue weighted by Gasteiger charge is -2.04. The number of rotatable bonds is 3. The highest BCUT2D eigenvalue weighted by atomic mass is 35.5. The molecule has 5 nitrogen and oxygen atoms in total. The van der Waals surface area contributed by atoms with Gasteiger partial charge < -0.3 is 5.32 Å². The third-order valence-corrected chi connectivity index (χ3v) is 2.41. The van der Waals surface area contributed by atoms with Gasteiger partial charge in [0.1, 0.15) is 10.3 Å². The molecular weight excluding hydrogens is 263 g/mol. The molecule has 7 heteroatoms. The molecule has 2 aromatic heterocycles. The summed E-state index contributed by atoms with van der Waals surface area (Å²) in [6, 6.07) is 4.68. The zero-order chi connectivity index (χ0) is 12.3. The highest BCUT2D eigenvalue weighted by Crippen LogP contribution is 2.14. The number of nitrogens with zero attached hydrogens (tertiary/aromatic N) is 2. The van der Waals surface area contributed by atoms with Crippen molar-refractivity contribution < 1.29 is 4.79 Å². The molecule has 88 valence electrons. The van der Waals surface area contributed by atoms with Gasteiger partial charge in [0.2, 0.25) is 0 Å². The number of carbonyl (C=O) groups excluding carboxylic acids is 1. The average Bonchev–Trinajstić information content (AvgIpc) is 2.77. The molecule has 0 saturated carbocycles. The zero-order valence-electron chi connectivity index (χ0n) is 8.58. The van der Waals surface area contributed by atoms with E-state index in [0.717, 1.165) is 5.69 Å². The first kappa shape index (κ1) is 11.9. The Balaban J connectivity index is 2.04. The summed E-state index contributed by atoms with van der Waals surface area (Å²) >= 11 is 11.4. The van der Waals surface area contributed by atoms with Crippen molar-refractivity contribution in [3.05, 3.63) is 46.0 Å². The van der Waals surface area contributed by atoms with Crippen molar-refractivity contribution in [2.24, 2.45) is 0 Å². The summed E-state index contributed by atoms with van der Waals surface area (Å²) in [5.74, 6) is -0.272. The van der Waals surface area contributed by atoms with Gasteiger partial charge >= 0.3 is 0 Å². The number of amides is 1. The number of aromatic amines is 1. The molecule has 2 N–H and O–H groups in total. The van der Waals surface area contributed by atoms with Crippen LogP contribution in [0.5, 0.6) is 0 Å². The molecule has 0 atom stereocenters. The fourth-order valence-corrected chi connectivity index (χ4v) is 1.72. The lowest BCUT2D eigenvalue weighted by Crippen LogP contribution is -2.23. The number of aromatic nitrogens is 3. The van der Waals surface area contributed by atoms with Crippen LogP contribution in [0.1, 0.15) is 16.1 Å². The maximum atomic E-state index is 11.8. The summed E-state index contributed by atoms with van der Waals surface area (Å²) in [4.78, 5) is 15.5. The fourth-order valence-electron chi connectivity index (χ4n) is 1.26. The third kappa shape index (κ3) is 3.18. The number of halogens is 2. The van der Waals surface area contributed by atoms with Gasteiger partial charge in [-0.05, 0) is 18.2 Å². The SMILES string of the molecule is O=C(NCc1ccn[nH]1)c1cc(Cl)nc(Cl)c1. The molecule has 0 aliphatic carbocycles. The number of pyridine rings is 1. The van der Waals surface area contributed by atoms with Crippen LogP contribution in [0.4, 0.5) is 0 Å². The maximum Gasteiger partial charge on any atom is 0.251 e. The van der Waals surface area contributed by atoms with Crippen LogP contribution in [0.3, 0.4) is 0 Å². The molecule has 1 amide bonds. The predicted molar refractivity (Wildman–Crippen MR) is 64.0 cm³/mol. The van der Waals surface area contributed by atoms with Gasteiger partial charge in [0.05, 0.1) is 12.2 Å². The normalized spacial score (nSPS) is 10.2. The topological polar surface area (TPSA) is 70.7 Å². The van der Waals surface area contributed by atoms with Gasteiger partial charge in [0.25, 0.3) is 5.91 Å². The first-order valence-electron chi connectivity index (χ1n) is 4.74. The van der Waals surface area contributed by atoms with Crippen LogP contribution >= 0.6 is 23.2 Å². The molecule has 0 aliphatic rings. The minimum atomic E-state index is -0.272. The van der Waals surface area contributed by atoms with E-state index in [1.807, 2.05) is 0 Å². The summed E-state index contributed by atoms with van der Waals surface area (Å²) in [5, 5.41) is 9.58. The summed E-state index contributed by atoms with van der Waals surface area (Å²) in [6.07, 6.45) is 1.61. The Hall–Kier alpha value is -1.59. The van der Waals surface area contributed by atoms with E-state index in [9.17, 15) is 4.79 Å². The van der Waals surface area contributed by atoms with E-state index in [-0.39, 0.29) is 16.2 Å². The van der Waals surface area contributed by atoms with E-state index in [1.165, 1.54) is 12.1 Å². The van der Waals surface area contributed by atoms with Crippen molar-refractivity contribution in [3.63, 3.8) is 0 Å². The Morgan fingerprint density at radius 1 is 1.35 bits per heavy atom. The van der Waals surface area contributed by atoms with E-state index in [4.69, 9.17) is 23.2 Å². The van der Waals surface area contributed by atoms with Gasteiger partial charge in [-0.1, -0.05) is 23.2 Å². The highest BCUT2D eigenvalue weighted by molar-refractivity contribution is 6.33. The molecule has 0 saturated heterocycles. The van der Waals surface area contributed by atoms with Crippen molar-refractivity contribution >= 4 is 29.1 Å². The lowest BCUT2D eigenvalue weighted by atomic mass is 10.2. The van der Waals surface area contributed by atoms with Gasteiger partial charge in [-0.25, -0.2) is 4.98 Å². The fraction of sp³-hybridized carbons (Fsp3) is 0.100. The van der Waals surface area contributed by atoms with E-state index in [1.54, 1.807) is 12.3 Å². The maximum absolute atomic E-state index is 11.8. The van der Waals surface area contributed by atoms with Gasteiger partial charge in [-0.3, -0.25) is 9.89 Å². The Kier molecular flexibility index (Phi) is 3.61. The first-order valence-corrected chi connectivity index (χ1v) is 5.50. The Morgan fingerprint density at radius 3 is 2.65 bits per heavy atom. The second-order valence-electron chi connectivity index (χ2n) is 3.27. The molecule has 2 rings (SSSR count). The molecule has 0 radical (unpaired) electrons. The Bertz CT molecular complexity index is 507. The van der Waals surface area contributed by atoms with Crippen molar-refractivity contribution in [1.29, 1.82) is 0 Å². The quantitative estimate of drug-likeness (QED) is 0.839. The highest BCUT2D eigenvalue weighted by Gasteiger charge is 2.08. The zero-order valence-corrected chi connectivity index (χ0v) is 10.1. The minimum Gasteiger partial charge on any atom is -0.346 e. The van der Waals surface area contributed by atoms with E-state index >= 15 is 0 Å². The van der Waals surface area contributed by atoms with Gasteiger partial charge in [-0.2, -0.15) is 5.10 Å². The number of H-pyrrole nitrogens is 1. The first-order chi connectivity index (χ1) is 8.15. The van der Waals surface area contributed by atoms with Gasteiger partial charge in [0.15, 0.2) is 0 Å². The molecule has 2 heterocycles. The van der Waals surface area contributed by atoms with Crippen molar-refractivity contribution in [3.8, 4) is 0 Å². The molecule has 0 aliphatic heterocycles. The smallest absolute Gasteiger partial charge is 0.251 e. The molecule has 2 aromatic rings. The van der Waals surface area contributed by atoms with Crippen LogP contribution in [0.25, 0.3) is 0 Å². The largest absolute Gasteiger partial charge is 0.346 e. The summed E-state index contributed by atoms with van der Waals surface area (Å²) in [5.41, 5.74) is 1.18. The lowest BCUT2D eigenvalue weighted by molar-refractivity contribution is 0.0950.